The van der Waals surface area contributed by atoms with Crippen molar-refractivity contribution in [3.8, 4) is 0 Å². The van der Waals surface area contributed by atoms with E-state index in [9.17, 15) is 9.59 Å². The molecular weight excluding hydrogens is 400 g/mol. The van der Waals surface area contributed by atoms with Gasteiger partial charge in [0.1, 0.15) is 5.82 Å². The fourth-order valence-corrected chi connectivity index (χ4v) is 3.94. The first kappa shape index (κ1) is 24.4. The number of amides is 1. The van der Waals surface area contributed by atoms with Crippen molar-refractivity contribution in [2.45, 2.75) is 52.5 Å². The zero-order chi connectivity index (χ0) is 22.4. The summed E-state index contributed by atoms with van der Waals surface area (Å²) in [6.45, 7) is 7.51. The van der Waals surface area contributed by atoms with Crippen molar-refractivity contribution >= 4 is 28.4 Å². The van der Waals surface area contributed by atoms with Crippen LogP contribution in [0.4, 0.5) is 0 Å². The Balaban J connectivity index is 2.47. The van der Waals surface area contributed by atoms with Gasteiger partial charge in [0, 0.05) is 31.1 Å². The van der Waals surface area contributed by atoms with Crippen LogP contribution in [0.15, 0.2) is 23.0 Å². The van der Waals surface area contributed by atoms with Crippen molar-refractivity contribution in [2.24, 2.45) is 13.0 Å². The monoisotopic (exact) mass is 434 g/mol. The van der Waals surface area contributed by atoms with E-state index in [2.05, 4.69) is 18.7 Å². The third-order valence-electron chi connectivity index (χ3n) is 5.73. The van der Waals surface area contributed by atoms with Crippen LogP contribution in [0, 0.1) is 5.92 Å². The molecule has 0 saturated heterocycles. The van der Waals surface area contributed by atoms with Crippen LogP contribution in [-0.4, -0.2) is 52.4 Å². The first-order valence-electron chi connectivity index (χ1n) is 10.8. The molecule has 1 heterocycles. The van der Waals surface area contributed by atoms with Crippen molar-refractivity contribution in [3.05, 3.63) is 39.4 Å². The molecule has 2 aromatic rings. The van der Waals surface area contributed by atoms with E-state index in [4.69, 9.17) is 16.6 Å². The van der Waals surface area contributed by atoms with E-state index in [0.717, 1.165) is 32.2 Å². The summed E-state index contributed by atoms with van der Waals surface area (Å²) in [7, 11) is 5.70. The van der Waals surface area contributed by atoms with Crippen molar-refractivity contribution in [1.82, 2.24) is 19.4 Å². The number of hydrogen-bond donors (Lipinski definition) is 0. The maximum absolute atomic E-state index is 13.5. The van der Waals surface area contributed by atoms with Crippen LogP contribution < -0.4 is 5.56 Å². The lowest BCUT2D eigenvalue weighted by Crippen LogP contribution is -2.43. The molecule has 30 heavy (non-hydrogen) atoms. The SMILES string of the molecule is CCCCC(CC)C(=O)N(CCN(C)C)C(C)c1nc2ccc(Cl)cc2c(=O)n1C. The highest BCUT2D eigenvalue weighted by Gasteiger charge is 2.29. The number of aromatic nitrogens is 2. The van der Waals surface area contributed by atoms with E-state index in [1.807, 2.05) is 25.9 Å². The number of carbonyl (C=O) groups excluding carboxylic acids is 1. The van der Waals surface area contributed by atoms with Gasteiger partial charge in [-0.1, -0.05) is 38.3 Å². The number of likely N-dealkylation sites (N-methyl/N-ethyl adjacent to an activating group) is 1. The molecule has 1 amide bonds. The van der Waals surface area contributed by atoms with Crippen LogP contribution in [-0.2, 0) is 11.8 Å². The fraction of sp³-hybridized carbons (Fsp3) is 0.609. The molecule has 2 atom stereocenters. The maximum atomic E-state index is 13.5. The summed E-state index contributed by atoms with van der Waals surface area (Å²) in [6, 6.07) is 4.83. The van der Waals surface area contributed by atoms with Crippen LogP contribution in [0.3, 0.4) is 0 Å². The second-order valence-electron chi connectivity index (χ2n) is 8.25. The molecule has 0 bridgehead atoms. The van der Waals surface area contributed by atoms with Gasteiger partial charge in [0.15, 0.2) is 0 Å². The van der Waals surface area contributed by atoms with Gasteiger partial charge < -0.3 is 9.80 Å². The van der Waals surface area contributed by atoms with Crippen LogP contribution in [0.2, 0.25) is 5.02 Å². The highest BCUT2D eigenvalue weighted by molar-refractivity contribution is 6.31. The largest absolute Gasteiger partial charge is 0.331 e. The molecule has 0 spiro atoms. The van der Waals surface area contributed by atoms with Gasteiger partial charge in [0.2, 0.25) is 5.91 Å². The van der Waals surface area contributed by atoms with E-state index in [0.29, 0.717) is 28.3 Å². The lowest BCUT2D eigenvalue weighted by atomic mass is 9.97. The lowest BCUT2D eigenvalue weighted by Gasteiger charge is -2.33. The zero-order valence-corrected chi connectivity index (χ0v) is 19.9. The Morgan fingerprint density at radius 3 is 2.53 bits per heavy atom. The van der Waals surface area contributed by atoms with E-state index >= 15 is 0 Å². The number of hydrogen-bond acceptors (Lipinski definition) is 4. The topological polar surface area (TPSA) is 58.4 Å². The smallest absolute Gasteiger partial charge is 0.261 e. The molecule has 6 nitrogen and oxygen atoms in total. The first-order chi connectivity index (χ1) is 14.2. The average molecular weight is 435 g/mol. The highest BCUT2D eigenvalue weighted by Crippen LogP contribution is 2.25. The maximum Gasteiger partial charge on any atom is 0.261 e. The standard InChI is InChI=1S/C23H35ClN4O2/c1-7-9-10-17(8-2)22(29)28(14-13-26(4)5)16(3)21-25-20-12-11-18(24)15-19(20)23(30)27(21)6/h11-12,15-17H,7-10,13-14H2,1-6H3. The first-order valence-corrected chi connectivity index (χ1v) is 11.2. The van der Waals surface area contributed by atoms with Gasteiger partial charge in [-0.3, -0.25) is 14.2 Å². The summed E-state index contributed by atoms with van der Waals surface area (Å²) in [6.07, 6.45) is 3.81. The second kappa shape index (κ2) is 10.9. The van der Waals surface area contributed by atoms with Gasteiger partial charge in [0.05, 0.1) is 16.9 Å². The van der Waals surface area contributed by atoms with Crippen molar-refractivity contribution in [2.75, 3.05) is 27.2 Å². The molecule has 2 rings (SSSR count). The molecule has 0 N–H and O–H groups in total. The molecule has 0 saturated carbocycles. The minimum atomic E-state index is -0.314. The highest BCUT2D eigenvalue weighted by atomic mass is 35.5. The molecule has 0 aliphatic carbocycles. The predicted molar refractivity (Wildman–Crippen MR) is 124 cm³/mol. The van der Waals surface area contributed by atoms with E-state index < -0.39 is 0 Å². The summed E-state index contributed by atoms with van der Waals surface area (Å²) >= 11 is 6.07. The van der Waals surface area contributed by atoms with Gasteiger partial charge in [-0.05, 0) is 52.1 Å². The molecular formula is C23H35ClN4O2. The molecule has 2 unspecified atom stereocenters. The molecule has 0 aliphatic rings. The minimum absolute atomic E-state index is 0.00847. The Bertz CT molecular complexity index is 925. The average Bonchev–Trinajstić information content (AvgIpc) is 2.71. The van der Waals surface area contributed by atoms with Crippen LogP contribution in [0.5, 0.6) is 0 Å². The minimum Gasteiger partial charge on any atom is -0.331 e. The Hall–Kier alpha value is -1.92. The number of rotatable bonds is 10. The molecule has 0 fully saturated rings. The number of benzene rings is 1. The summed E-state index contributed by atoms with van der Waals surface area (Å²) in [4.78, 5) is 35.1. The number of unbranched alkanes of at least 4 members (excludes halogenated alkanes) is 1. The summed E-state index contributed by atoms with van der Waals surface area (Å²) in [5.74, 6) is 0.726. The second-order valence-corrected chi connectivity index (χ2v) is 8.69. The zero-order valence-electron chi connectivity index (χ0n) is 19.1. The lowest BCUT2D eigenvalue weighted by molar-refractivity contribution is -0.138. The molecule has 166 valence electrons. The van der Waals surface area contributed by atoms with Gasteiger partial charge >= 0.3 is 0 Å². The molecule has 7 heteroatoms. The van der Waals surface area contributed by atoms with Crippen LogP contribution >= 0.6 is 11.6 Å². The number of carbonyl (C=O) groups is 1. The molecule has 0 radical (unpaired) electrons. The summed E-state index contributed by atoms with van der Waals surface area (Å²) in [5.41, 5.74) is 0.449. The van der Waals surface area contributed by atoms with Gasteiger partial charge in [-0.15, -0.1) is 0 Å². The molecule has 0 aliphatic heterocycles. The van der Waals surface area contributed by atoms with Gasteiger partial charge in [0.25, 0.3) is 5.56 Å². The molecule has 1 aromatic carbocycles. The van der Waals surface area contributed by atoms with Crippen molar-refractivity contribution < 1.29 is 4.79 Å². The number of fused-ring (bicyclic) bond motifs is 1. The van der Waals surface area contributed by atoms with E-state index in [1.165, 1.54) is 0 Å². The van der Waals surface area contributed by atoms with Crippen LogP contribution in [0.25, 0.3) is 10.9 Å². The Labute approximate surface area is 184 Å². The predicted octanol–water partition coefficient (Wildman–Crippen LogP) is 4.25. The Kier molecular flexibility index (Phi) is 8.86. The summed E-state index contributed by atoms with van der Waals surface area (Å²) < 4.78 is 1.55. The van der Waals surface area contributed by atoms with Crippen molar-refractivity contribution in [3.63, 3.8) is 0 Å². The van der Waals surface area contributed by atoms with E-state index in [-0.39, 0.29) is 23.4 Å². The van der Waals surface area contributed by atoms with E-state index in [1.54, 1.807) is 29.8 Å². The van der Waals surface area contributed by atoms with Gasteiger partial charge in [-0.2, -0.15) is 0 Å². The normalized spacial score (nSPS) is 13.6. The third kappa shape index (κ3) is 5.61. The fourth-order valence-electron chi connectivity index (χ4n) is 3.76. The third-order valence-corrected chi connectivity index (χ3v) is 5.97. The quantitative estimate of drug-likeness (QED) is 0.560. The van der Waals surface area contributed by atoms with Gasteiger partial charge in [-0.25, -0.2) is 4.98 Å². The Morgan fingerprint density at radius 2 is 1.93 bits per heavy atom. The van der Waals surface area contributed by atoms with Crippen molar-refractivity contribution in [1.29, 1.82) is 0 Å². The Morgan fingerprint density at radius 1 is 1.23 bits per heavy atom. The number of nitrogens with zero attached hydrogens (tertiary/aromatic N) is 4. The van der Waals surface area contributed by atoms with Crippen LogP contribution in [0.1, 0.15) is 58.3 Å². The summed E-state index contributed by atoms with van der Waals surface area (Å²) in [5, 5.41) is 0.994. The number of halogens is 1. The molecule has 1 aromatic heterocycles.